The zero-order chi connectivity index (χ0) is 26.5. The fourth-order valence-electron chi connectivity index (χ4n) is 4.33. The number of hydrogen-bond donors (Lipinski definition) is 2. The molecule has 38 heavy (non-hydrogen) atoms. The van der Waals surface area contributed by atoms with Crippen molar-refractivity contribution in [3.8, 4) is 16.8 Å². The van der Waals surface area contributed by atoms with Gasteiger partial charge in [0.15, 0.2) is 0 Å². The molecule has 1 atom stereocenters. The Morgan fingerprint density at radius 3 is 2.53 bits per heavy atom. The molecule has 0 saturated carbocycles. The summed E-state index contributed by atoms with van der Waals surface area (Å²) in [6, 6.07) is 24.4. The minimum atomic E-state index is -4.07. The Balaban J connectivity index is 1.46. The highest BCUT2D eigenvalue weighted by molar-refractivity contribution is 7.90. The molecule has 0 radical (unpaired) electrons. The van der Waals surface area contributed by atoms with Crippen LogP contribution >= 0.6 is 0 Å². The van der Waals surface area contributed by atoms with Crippen LogP contribution < -0.4 is 10.0 Å². The quantitative estimate of drug-likeness (QED) is 0.281. The largest absolute Gasteiger partial charge is 0.472 e. The first-order valence-electron chi connectivity index (χ1n) is 12.0. The summed E-state index contributed by atoms with van der Waals surface area (Å²) in [6.07, 6.45) is 7.16. The van der Waals surface area contributed by atoms with Crippen molar-refractivity contribution >= 4 is 16.1 Å². The topological polar surface area (TPSA) is 106 Å². The van der Waals surface area contributed by atoms with Gasteiger partial charge in [-0.2, -0.15) is 0 Å². The van der Waals surface area contributed by atoms with E-state index in [2.05, 4.69) is 15.0 Å². The monoisotopic (exact) mass is 526 g/mol. The lowest BCUT2D eigenvalue weighted by Crippen LogP contribution is -2.42. The van der Waals surface area contributed by atoms with Gasteiger partial charge in [0.25, 0.3) is 10.0 Å². The summed E-state index contributed by atoms with van der Waals surface area (Å²) >= 11 is 0. The third kappa shape index (κ3) is 5.52. The predicted molar refractivity (Wildman–Crippen MR) is 144 cm³/mol. The van der Waals surface area contributed by atoms with E-state index in [0.717, 1.165) is 22.4 Å². The zero-order valence-corrected chi connectivity index (χ0v) is 21.4. The van der Waals surface area contributed by atoms with Gasteiger partial charge in [-0.1, -0.05) is 60.7 Å². The minimum Gasteiger partial charge on any atom is -0.472 e. The van der Waals surface area contributed by atoms with Crippen molar-refractivity contribution in [1.29, 1.82) is 0 Å². The van der Waals surface area contributed by atoms with Crippen LogP contribution in [0.3, 0.4) is 0 Å². The predicted octanol–water partition coefficient (Wildman–Crippen LogP) is 5.41. The molecule has 192 valence electrons. The van der Waals surface area contributed by atoms with Crippen molar-refractivity contribution in [2.24, 2.45) is 0 Å². The number of carbonyl (C=O) groups is 1. The molecule has 8 nitrogen and oxygen atoms in total. The Hall–Kier alpha value is -4.63. The normalized spacial score (nSPS) is 12.1. The second-order valence-corrected chi connectivity index (χ2v) is 10.5. The number of aromatic nitrogens is 2. The van der Waals surface area contributed by atoms with Crippen LogP contribution in [0.1, 0.15) is 23.0 Å². The number of imidazole rings is 1. The second kappa shape index (κ2) is 10.8. The summed E-state index contributed by atoms with van der Waals surface area (Å²) in [7, 11) is -4.07. The molecular weight excluding hydrogens is 500 g/mol. The van der Waals surface area contributed by atoms with Crippen molar-refractivity contribution in [2.45, 2.75) is 24.3 Å². The summed E-state index contributed by atoms with van der Waals surface area (Å²) in [4.78, 5) is 17.7. The van der Waals surface area contributed by atoms with Gasteiger partial charge in [0.2, 0.25) is 0 Å². The number of benzene rings is 3. The van der Waals surface area contributed by atoms with E-state index in [1.165, 1.54) is 6.07 Å². The number of sulfonamides is 1. The van der Waals surface area contributed by atoms with Gasteiger partial charge in [0.05, 0.1) is 23.5 Å². The van der Waals surface area contributed by atoms with E-state index in [0.29, 0.717) is 17.8 Å². The molecule has 2 heterocycles. The molecule has 5 rings (SSSR count). The molecule has 2 aromatic heterocycles. The van der Waals surface area contributed by atoms with E-state index in [4.69, 9.17) is 4.42 Å². The number of amides is 2. The van der Waals surface area contributed by atoms with Gasteiger partial charge in [-0.15, -0.1) is 0 Å². The number of nitrogens with zero attached hydrogens (tertiary/aromatic N) is 2. The standard InChI is InChI=1S/C29H26N4O4S/c1-21-8-5-6-13-27(21)38(35,36)32-29(34)31-26(18-22-9-3-2-4-10-22)28-30-15-16-33(28)25-12-7-11-23(19-25)24-14-17-37-20-24/h2-17,19-20,26H,18H2,1H3,(H2,31,32,34)/t26-/m0/s1. The molecule has 9 heteroatoms. The van der Waals surface area contributed by atoms with Gasteiger partial charge >= 0.3 is 6.03 Å². The molecule has 0 unspecified atom stereocenters. The maximum Gasteiger partial charge on any atom is 0.329 e. The van der Waals surface area contributed by atoms with Crippen LogP contribution in [0.5, 0.6) is 0 Å². The zero-order valence-electron chi connectivity index (χ0n) is 20.6. The van der Waals surface area contributed by atoms with Crippen LogP contribution in [0.2, 0.25) is 0 Å². The molecule has 0 aliphatic heterocycles. The number of aryl methyl sites for hydroxylation is 1. The summed E-state index contributed by atoms with van der Waals surface area (Å²) in [5.74, 6) is 0.557. The number of furan rings is 1. The van der Waals surface area contributed by atoms with Crippen molar-refractivity contribution in [3.63, 3.8) is 0 Å². The number of carbonyl (C=O) groups excluding carboxylic acids is 1. The average Bonchev–Trinajstić information content (AvgIpc) is 3.62. The molecule has 2 N–H and O–H groups in total. The summed E-state index contributed by atoms with van der Waals surface area (Å²) in [5, 5.41) is 2.84. The number of rotatable bonds is 8. The number of nitrogens with one attached hydrogen (secondary N) is 2. The van der Waals surface area contributed by atoms with Crippen LogP contribution in [-0.4, -0.2) is 24.0 Å². The van der Waals surface area contributed by atoms with Gasteiger partial charge in [-0.05, 0) is 54.3 Å². The van der Waals surface area contributed by atoms with Crippen LogP contribution in [0, 0.1) is 6.92 Å². The molecule has 5 aromatic rings. The fourth-order valence-corrected chi connectivity index (χ4v) is 5.50. The van der Waals surface area contributed by atoms with Crippen molar-refractivity contribution in [1.82, 2.24) is 19.6 Å². The lowest BCUT2D eigenvalue weighted by molar-refractivity contribution is 0.241. The maximum atomic E-state index is 13.0. The lowest BCUT2D eigenvalue weighted by Gasteiger charge is -2.21. The number of urea groups is 1. The van der Waals surface area contributed by atoms with Gasteiger partial charge < -0.3 is 14.3 Å². The molecular formula is C29H26N4O4S. The van der Waals surface area contributed by atoms with Crippen LogP contribution in [-0.2, 0) is 16.4 Å². The van der Waals surface area contributed by atoms with Crippen LogP contribution in [0.15, 0.2) is 119 Å². The Morgan fingerprint density at radius 1 is 0.974 bits per heavy atom. The molecule has 3 aromatic carbocycles. The van der Waals surface area contributed by atoms with Crippen molar-refractivity contribution in [3.05, 3.63) is 127 Å². The minimum absolute atomic E-state index is 0.0484. The van der Waals surface area contributed by atoms with E-state index < -0.39 is 22.1 Å². The number of hydrogen-bond acceptors (Lipinski definition) is 5. The average molecular weight is 527 g/mol. The van der Waals surface area contributed by atoms with E-state index in [1.54, 1.807) is 43.8 Å². The second-order valence-electron chi connectivity index (χ2n) is 8.80. The highest BCUT2D eigenvalue weighted by atomic mass is 32.2. The van der Waals surface area contributed by atoms with Crippen molar-refractivity contribution < 1.29 is 17.6 Å². The molecule has 2 amide bonds. The first-order valence-corrected chi connectivity index (χ1v) is 13.5. The summed E-state index contributed by atoms with van der Waals surface area (Å²) in [5.41, 5.74) is 4.24. The molecule has 0 spiro atoms. The summed E-state index contributed by atoms with van der Waals surface area (Å²) in [6.45, 7) is 1.68. The van der Waals surface area contributed by atoms with E-state index in [-0.39, 0.29) is 4.90 Å². The SMILES string of the molecule is Cc1ccccc1S(=O)(=O)NC(=O)N[C@@H](Cc1ccccc1)c1nccn1-c1cccc(-c2ccoc2)c1. The highest BCUT2D eigenvalue weighted by Crippen LogP contribution is 2.26. The van der Waals surface area contributed by atoms with Gasteiger partial charge in [0.1, 0.15) is 5.82 Å². The van der Waals surface area contributed by atoms with Gasteiger partial charge in [-0.25, -0.2) is 22.9 Å². The first-order chi connectivity index (χ1) is 18.4. The third-order valence-electron chi connectivity index (χ3n) is 6.16. The van der Waals surface area contributed by atoms with Gasteiger partial charge in [-0.3, -0.25) is 0 Å². The third-order valence-corrected chi connectivity index (χ3v) is 7.65. The Morgan fingerprint density at radius 2 is 1.76 bits per heavy atom. The lowest BCUT2D eigenvalue weighted by atomic mass is 10.0. The van der Waals surface area contributed by atoms with Crippen LogP contribution in [0.25, 0.3) is 16.8 Å². The smallest absolute Gasteiger partial charge is 0.329 e. The highest BCUT2D eigenvalue weighted by Gasteiger charge is 2.25. The van der Waals surface area contributed by atoms with Crippen LogP contribution in [0.4, 0.5) is 4.79 Å². The Labute approximate surface area is 221 Å². The molecule has 0 aliphatic carbocycles. The van der Waals surface area contributed by atoms with Crippen molar-refractivity contribution in [2.75, 3.05) is 0 Å². The molecule has 0 fully saturated rings. The van der Waals surface area contributed by atoms with Gasteiger partial charge in [0, 0.05) is 23.6 Å². The molecule has 0 aliphatic rings. The van der Waals surface area contributed by atoms with E-state index >= 15 is 0 Å². The Kier molecular flexibility index (Phi) is 7.10. The van der Waals surface area contributed by atoms with E-state index in [1.807, 2.05) is 71.4 Å². The summed E-state index contributed by atoms with van der Waals surface area (Å²) < 4.78 is 35.1. The van der Waals surface area contributed by atoms with E-state index in [9.17, 15) is 13.2 Å². The fraction of sp³-hybridized carbons (Fsp3) is 0.103. The molecule has 0 bridgehead atoms. The maximum absolute atomic E-state index is 13.0. The molecule has 0 saturated heterocycles. The Bertz CT molecular complexity index is 1640. The first kappa shape index (κ1) is 25.0.